The Labute approximate surface area is 235 Å². The van der Waals surface area contributed by atoms with Crippen molar-refractivity contribution in [3.8, 4) is 22.3 Å². The monoisotopic (exact) mass is 480 g/mol. The van der Waals surface area contributed by atoms with Gasteiger partial charge in [0.2, 0.25) is 0 Å². The molecular weight excluding hydrogens is 440 g/mol. The fourth-order valence-corrected chi connectivity index (χ4v) is 4.42. The van der Waals surface area contributed by atoms with Crippen LogP contribution in [0.25, 0.3) is 76.7 Å². The molecule has 0 atom stereocenters. The summed E-state index contributed by atoms with van der Waals surface area (Å²) in [6.45, 7) is 0. The molecule has 0 aliphatic carbocycles. The second-order valence-corrected chi connectivity index (χ2v) is 7.79. The third kappa shape index (κ3) is 2.67. The van der Waals surface area contributed by atoms with E-state index in [2.05, 4.69) is 0 Å². The van der Waals surface area contributed by atoms with Crippen LogP contribution in [0.2, 0.25) is 0 Å². The zero-order valence-electron chi connectivity index (χ0n) is 37.8. The van der Waals surface area contributed by atoms with Gasteiger partial charge in [-0.2, -0.15) is 0 Å². The molecule has 168 valence electrons. The van der Waals surface area contributed by atoms with Crippen LogP contribution in [0.15, 0.2) is 130 Å². The van der Waals surface area contributed by atoms with E-state index in [1.807, 2.05) is 0 Å². The van der Waals surface area contributed by atoms with Crippen molar-refractivity contribution in [3.63, 3.8) is 0 Å². The molecule has 8 aromatic rings. The molecule has 0 saturated heterocycles. The largest absolute Gasteiger partial charge is 0.460 e. The molecule has 0 N–H and O–H groups in total. The first-order valence-corrected chi connectivity index (χ1v) is 10.6. The third-order valence-corrected chi connectivity index (χ3v) is 5.91. The van der Waals surface area contributed by atoms with E-state index < -0.39 is 170 Å². The molecule has 0 radical (unpaired) electrons. The molecule has 0 saturated carbocycles. The highest BCUT2D eigenvalue weighted by molar-refractivity contribution is 6.22. The Bertz CT molecular complexity index is 3090. The summed E-state index contributed by atoms with van der Waals surface area (Å²) < 4.78 is 186. The van der Waals surface area contributed by atoms with Crippen LogP contribution in [0.4, 0.5) is 0 Å². The Hall–Kier alpha value is -4.82. The summed E-state index contributed by atoms with van der Waals surface area (Å²) in [5.41, 5.74) is -3.58. The first kappa shape index (κ1) is 8.39. The Morgan fingerprint density at radius 1 is 0.472 bits per heavy atom. The van der Waals surface area contributed by atoms with Gasteiger partial charge in [-0.1, -0.05) is 90.6 Å². The summed E-state index contributed by atoms with van der Waals surface area (Å²) in [5.74, 6) is 0. The molecule has 0 amide bonds. The Morgan fingerprint density at radius 3 is 1.78 bits per heavy atom. The van der Waals surface area contributed by atoms with Crippen molar-refractivity contribution in [3.05, 3.63) is 121 Å². The molecule has 0 aliphatic rings. The van der Waals surface area contributed by atoms with E-state index in [9.17, 15) is 2.74 Å². The number of benzene rings is 6. The number of rotatable bonds is 2. The number of furan rings is 2. The van der Waals surface area contributed by atoms with E-state index in [4.69, 9.17) is 33.5 Å². The van der Waals surface area contributed by atoms with Crippen molar-refractivity contribution < 1.29 is 36.2 Å². The molecule has 0 spiro atoms. The van der Waals surface area contributed by atoms with Crippen molar-refractivity contribution in [2.24, 2.45) is 0 Å². The third-order valence-electron chi connectivity index (χ3n) is 5.91. The molecular formula is C34H20O2. The standard InChI is InChI=1S/C34H20O2/c1-2-8-21(9-3-1)31-25-10-4-6-12-27(25)32(28-13-7-5-11-26(28)31)23-15-16-24-29-17-14-22-18-19-35-33(22)34(29)36-30(24)20-23/h1-20H/i1D,2D,3D,4D,5D,6D,7D,8D,9D,10D,11D,12D,13D,14D,15D,16D,17D,18D,19D,20D. The van der Waals surface area contributed by atoms with Gasteiger partial charge in [0.05, 0.1) is 32.3 Å². The summed E-state index contributed by atoms with van der Waals surface area (Å²) in [4.78, 5) is 0. The van der Waals surface area contributed by atoms with Crippen molar-refractivity contribution in [1.29, 1.82) is 0 Å². The molecule has 6 aromatic carbocycles. The average Bonchev–Trinajstić information content (AvgIpc) is 3.72. The smallest absolute Gasteiger partial charge is 0.178 e. The fraction of sp³-hybridized carbons (Fsp3) is 0. The highest BCUT2D eigenvalue weighted by Crippen LogP contribution is 2.44. The van der Waals surface area contributed by atoms with Crippen LogP contribution in [0.3, 0.4) is 0 Å². The molecule has 2 heteroatoms. The van der Waals surface area contributed by atoms with Crippen molar-refractivity contribution in [2.45, 2.75) is 0 Å². The van der Waals surface area contributed by atoms with Crippen LogP contribution >= 0.6 is 0 Å². The quantitative estimate of drug-likeness (QED) is 0.230. The Balaban J connectivity index is 1.72. The fourth-order valence-electron chi connectivity index (χ4n) is 4.42. The summed E-state index contributed by atoms with van der Waals surface area (Å²) in [5, 5.41) is -3.16. The molecule has 2 aromatic heterocycles. The number of hydrogen-bond acceptors (Lipinski definition) is 2. The van der Waals surface area contributed by atoms with Crippen molar-refractivity contribution in [1.82, 2.24) is 0 Å². The lowest BCUT2D eigenvalue weighted by Crippen LogP contribution is -1.90. The van der Waals surface area contributed by atoms with Gasteiger partial charge in [0.15, 0.2) is 11.2 Å². The van der Waals surface area contributed by atoms with Crippen molar-refractivity contribution in [2.75, 3.05) is 0 Å². The summed E-state index contributed by atoms with van der Waals surface area (Å²) in [6.07, 6.45) is -0.666. The van der Waals surface area contributed by atoms with E-state index >= 15 is 0 Å². The maximum Gasteiger partial charge on any atom is 0.178 e. The minimum atomic E-state index is -0.871. The molecule has 0 bridgehead atoms. The predicted molar refractivity (Wildman–Crippen MR) is 149 cm³/mol. The highest BCUT2D eigenvalue weighted by atomic mass is 16.4. The van der Waals surface area contributed by atoms with Gasteiger partial charge >= 0.3 is 0 Å². The zero-order valence-corrected chi connectivity index (χ0v) is 17.8. The zero-order chi connectivity index (χ0) is 41.0. The molecule has 0 aliphatic heterocycles. The first-order valence-electron chi connectivity index (χ1n) is 20.6. The molecule has 36 heavy (non-hydrogen) atoms. The van der Waals surface area contributed by atoms with Gasteiger partial charge in [0.1, 0.15) is 6.95 Å². The molecule has 2 heterocycles. The highest BCUT2D eigenvalue weighted by Gasteiger charge is 2.18. The van der Waals surface area contributed by atoms with Gasteiger partial charge in [-0.05, 0) is 68.0 Å². The Morgan fingerprint density at radius 2 is 1.08 bits per heavy atom. The minimum absolute atomic E-state index is 0.261. The minimum Gasteiger partial charge on any atom is -0.460 e. The van der Waals surface area contributed by atoms with E-state index in [0.717, 1.165) is 0 Å². The molecule has 2 nitrogen and oxygen atoms in total. The van der Waals surface area contributed by atoms with E-state index in [1.165, 1.54) is 0 Å². The molecule has 0 fully saturated rings. The summed E-state index contributed by atoms with van der Waals surface area (Å²) in [7, 11) is 0. The van der Waals surface area contributed by atoms with Crippen LogP contribution in [-0.2, 0) is 0 Å². The second kappa shape index (κ2) is 7.34. The van der Waals surface area contributed by atoms with Gasteiger partial charge < -0.3 is 8.83 Å². The molecule has 0 unspecified atom stereocenters. The van der Waals surface area contributed by atoms with E-state index in [1.54, 1.807) is 0 Å². The normalized spacial score (nSPS) is 19.7. The molecule has 8 rings (SSSR count). The van der Waals surface area contributed by atoms with Crippen LogP contribution in [-0.4, -0.2) is 0 Å². The summed E-state index contributed by atoms with van der Waals surface area (Å²) >= 11 is 0. The Kier molecular flexibility index (Phi) is 1.71. The van der Waals surface area contributed by atoms with Gasteiger partial charge in [-0.25, -0.2) is 0 Å². The van der Waals surface area contributed by atoms with Gasteiger partial charge in [0.25, 0.3) is 0 Å². The summed E-state index contributed by atoms with van der Waals surface area (Å²) in [6, 6.07) is -15.1. The van der Waals surface area contributed by atoms with Gasteiger partial charge in [-0.3, -0.25) is 0 Å². The first-order chi connectivity index (χ1) is 26.2. The average molecular weight is 481 g/mol. The maximum absolute atomic E-state index is 9.46. The van der Waals surface area contributed by atoms with Crippen LogP contribution in [0.1, 0.15) is 27.4 Å². The number of hydrogen-bond donors (Lipinski definition) is 0. The topological polar surface area (TPSA) is 26.3 Å². The SMILES string of the molecule is [2H]c1oc2c(c1[2H])c([2H])c([2H])c1c2oc2c([2H])c(-c3c4c([2H])c([2H])c([2H])c([2H])c4c(-c4c([2H])c([2H])c([2H])c([2H])c4[2H])c4c([2H])c([2H])c([2H])c([2H])c34)c([2H])c([2H])c21. The van der Waals surface area contributed by atoms with E-state index in [-0.39, 0.29) is 27.3 Å². The van der Waals surface area contributed by atoms with Crippen LogP contribution in [0.5, 0.6) is 0 Å². The lowest BCUT2D eigenvalue weighted by Gasteiger charge is -2.17. The van der Waals surface area contributed by atoms with Gasteiger partial charge in [-0.15, -0.1) is 0 Å². The number of fused-ring (bicyclic) bond motifs is 7. The predicted octanol–water partition coefficient (Wildman–Crippen LogP) is 9.97. The lowest BCUT2D eigenvalue weighted by molar-refractivity contribution is 0.600. The van der Waals surface area contributed by atoms with Crippen LogP contribution in [0, 0.1) is 0 Å². The second-order valence-electron chi connectivity index (χ2n) is 7.79. The van der Waals surface area contributed by atoms with E-state index in [0.29, 0.717) is 0 Å². The van der Waals surface area contributed by atoms with Gasteiger partial charge in [0, 0.05) is 16.2 Å². The van der Waals surface area contributed by atoms with Crippen molar-refractivity contribution >= 4 is 54.5 Å². The van der Waals surface area contributed by atoms with Crippen LogP contribution < -0.4 is 0 Å². The lowest BCUT2D eigenvalue weighted by atomic mass is 9.86. The maximum atomic E-state index is 9.46.